The van der Waals surface area contributed by atoms with Gasteiger partial charge >= 0.3 is 12.0 Å². The van der Waals surface area contributed by atoms with Crippen molar-refractivity contribution in [3.05, 3.63) is 30.1 Å². The van der Waals surface area contributed by atoms with Crippen LogP contribution in [-0.4, -0.2) is 48.5 Å². The minimum Gasteiger partial charge on any atom is -0.455 e. The Morgan fingerprint density at radius 1 is 1.08 bits per heavy atom. The predicted octanol–water partition coefficient (Wildman–Crippen LogP) is 0.886. The molecule has 0 unspecified atom stereocenters. The number of ether oxygens (including phenoxy) is 1. The van der Waals surface area contributed by atoms with Gasteiger partial charge in [0.05, 0.1) is 11.5 Å². The molecule has 0 saturated heterocycles. The molecule has 0 fully saturated rings. The van der Waals surface area contributed by atoms with E-state index in [0.29, 0.717) is 12.2 Å². The number of benzene rings is 1. The van der Waals surface area contributed by atoms with E-state index in [1.807, 2.05) is 5.32 Å². The molecule has 0 aliphatic carbocycles. The highest BCUT2D eigenvalue weighted by molar-refractivity contribution is 8.00. The number of halogens is 1. The van der Waals surface area contributed by atoms with Gasteiger partial charge in [-0.05, 0) is 31.2 Å². The van der Waals surface area contributed by atoms with Gasteiger partial charge in [-0.1, -0.05) is 0 Å². The number of thioether (sulfide) groups is 1. The smallest absolute Gasteiger partial charge is 0.321 e. The van der Waals surface area contributed by atoms with Gasteiger partial charge in [0.2, 0.25) is 5.91 Å². The molecular weight excluding hydrogens is 353 g/mol. The van der Waals surface area contributed by atoms with Crippen LogP contribution in [0.3, 0.4) is 0 Å². The van der Waals surface area contributed by atoms with Crippen LogP contribution >= 0.6 is 11.8 Å². The van der Waals surface area contributed by atoms with Crippen LogP contribution in [0.1, 0.15) is 6.92 Å². The number of rotatable bonds is 8. The second-order valence-electron chi connectivity index (χ2n) is 4.62. The molecule has 8 nitrogen and oxygen atoms in total. The van der Waals surface area contributed by atoms with Crippen LogP contribution in [0.25, 0.3) is 0 Å². The van der Waals surface area contributed by atoms with Gasteiger partial charge in [0.15, 0.2) is 6.61 Å². The van der Waals surface area contributed by atoms with E-state index in [4.69, 9.17) is 0 Å². The fourth-order valence-electron chi connectivity index (χ4n) is 1.51. The lowest BCUT2D eigenvalue weighted by Crippen LogP contribution is -2.41. The molecule has 0 saturated carbocycles. The van der Waals surface area contributed by atoms with Gasteiger partial charge in [0.1, 0.15) is 5.82 Å². The Labute approximate surface area is 147 Å². The molecule has 0 aliphatic heterocycles. The maximum atomic E-state index is 12.7. The monoisotopic (exact) mass is 371 g/mol. The van der Waals surface area contributed by atoms with Crippen molar-refractivity contribution in [2.45, 2.75) is 6.92 Å². The molecule has 25 heavy (non-hydrogen) atoms. The van der Waals surface area contributed by atoms with Crippen molar-refractivity contribution < 1.29 is 28.3 Å². The Morgan fingerprint density at radius 2 is 1.76 bits per heavy atom. The first-order valence-electron chi connectivity index (χ1n) is 7.27. The minimum atomic E-state index is -0.752. The van der Waals surface area contributed by atoms with Crippen LogP contribution in [0.15, 0.2) is 24.3 Å². The van der Waals surface area contributed by atoms with Crippen LogP contribution in [-0.2, 0) is 19.1 Å². The van der Waals surface area contributed by atoms with Crippen LogP contribution in [0.4, 0.5) is 14.9 Å². The van der Waals surface area contributed by atoms with E-state index in [-0.39, 0.29) is 17.4 Å². The standard InChI is InChI=1S/C15H18FN3O5S/c1-2-17-15(23)19-12(20)7-24-14(22)9-25-8-13(21)18-11-5-3-10(16)4-6-11/h3-6H,2,7-9H2,1H3,(H,18,21)(H2,17,19,20,23). The topological polar surface area (TPSA) is 114 Å². The number of anilines is 1. The van der Waals surface area contributed by atoms with Gasteiger partial charge in [0.25, 0.3) is 5.91 Å². The summed E-state index contributed by atoms with van der Waals surface area (Å²) in [5.41, 5.74) is 0.441. The van der Waals surface area contributed by atoms with Crippen molar-refractivity contribution in [3.63, 3.8) is 0 Å². The average molecular weight is 371 g/mol. The number of imide groups is 1. The molecule has 4 amide bonds. The van der Waals surface area contributed by atoms with Crippen LogP contribution in [0, 0.1) is 5.82 Å². The van der Waals surface area contributed by atoms with E-state index >= 15 is 0 Å². The molecule has 136 valence electrons. The molecule has 1 aromatic carbocycles. The zero-order valence-electron chi connectivity index (χ0n) is 13.5. The summed E-state index contributed by atoms with van der Waals surface area (Å²) in [7, 11) is 0. The molecule has 3 N–H and O–H groups in total. The van der Waals surface area contributed by atoms with Crippen molar-refractivity contribution >= 4 is 41.3 Å². The predicted molar refractivity (Wildman–Crippen MR) is 90.5 cm³/mol. The second kappa shape index (κ2) is 11.0. The van der Waals surface area contributed by atoms with Crippen molar-refractivity contribution in [2.24, 2.45) is 0 Å². The minimum absolute atomic E-state index is 0.0163. The Hall–Kier alpha value is -2.62. The number of hydrogen-bond donors (Lipinski definition) is 3. The second-order valence-corrected chi connectivity index (χ2v) is 5.60. The Bertz CT molecular complexity index is 624. The van der Waals surface area contributed by atoms with Crippen LogP contribution in [0.2, 0.25) is 0 Å². The van der Waals surface area contributed by atoms with Crippen LogP contribution < -0.4 is 16.0 Å². The van der Waals surface area contributed by atoms with E-state index < -0.39 is 30.3 Å². The van der Waals surface area contributed by atoms with Gasteiger partial charge in [-0.25, -0.2) is 9.18 Å². The third-order valence-electron chi connectivity index (χ3n) is 2.54. The quantitative estimate of drug-likeness (QED) is 0.585. The van der Waals surface area contributed by atoms with Crippen LogP contribution in [0.5, 0.6) is 0 Å². The van der Waals surface area contributed by atoms with Crippen molar-refractivity contribution in [3.8, 4) is 0 Å². The summed E-state index contributed by atoms with van der Waals surface area (Å²) in [6, 6.07) is 4.59. The molecule has 0 radical (unpaired) electrons. The molecule has 10 heteroatoms. The summed E-state index contributed by atoms with van der Waals surface area (Å²) in [5.74, 6) is -2.36. The third-order valence-corrected chi connectivity index (χ3v) is 3.44. The summed E-state index contributed by atoms with van der Waals surface area (Å²) in [6.45, 7) is 1.46. The average Bonchev–Trinajstić information content (AvgIpc) is 2.55. The van der Waals surface area contributed by atoms with Gasteiger partial charge in [-0.15, -0.1) is 11.8 Å². The summed E-state index contributed by atoms with van der Waals surface area (Å²) in [5, 5.41) is 6.87. The lowest BCUT2D eigenvalue weighted by atomic mass is 10.3. The number of esters is 1. The fraction of sp³-hybridized carbons (Fsp3) is 0.333. The Balaban J connectivity index is 2.17. The van der Waals surface area contributed by atoms with E-state index in [2.05, 4.69) is 15.4 Å². The van der Waals surface area contributed by atoms with Gasteiger partial charge in [-0.3, -0.25) is 19.7 Å². The molecule has 0 spiro atoms. The van der Waals surface area contributed by atoms with Crippen molar-refractivity contribution in [2.75, 3.05) is 30.0 Å². The van der Waals surface area contributed by atoms with Gasteiger partial charge < -0.3 is 15.4 Å². The zero-order valence-corrected chi connectivity index (χ0v) is 14.3. The molecular formula is C15H18FN3O5S. The Morgan fingerprint density at radius 3 is 2.40 bits per heavy atom. The summed E-state index contributed by atoms with van der Waals surface area (Å²) in [4.78, 5) is 45.4. The first kappa shape index (κ1) is 20.4. The zero-order chi connectivity index (χ0) is 18.7. The maximum absolute atomic E-state index is 12.7. The lowest BCUT2D eigenvalue weighted by Gasteiger charge is -2.07. The van der Waals surface area contributed by atoms with E-state index in [0.717, 1.165) is 11.8 Å². The number of hydrogen-bond acceptors (Lipinski definition) is 6. The number of carbonyl (C=O) groups is 4. The van der Waals surface area contributed by atoms with Gasteiger partial charge in [-0.2, -0.15) is 0 Å². The molecule has 1 rings (SSSR count). The lowest BCUT2D eigenvalue weighted by molar-refractivity contribution is -0.145. The Kier molecular flexibility index (Phi) is 9.01. The molecule has 0 aromatic heterocycles. The number of carbonyl (C=O) groups excluding carboxylic acids is 4. The number of amides is 4. The highest BCUT2D eigenvalue weighted by Crippen LogP contribution is 2.09. The van der Waals surface area contributed by atoms with E-state index in [1.165, 1.54) is 24.3 Å². The molecule has 0 heterocycles. The number of nitrogens with one attached hydrogen (secondary N) is 3. The third kappa shape index (κ3) is 9.30. The highest BCUT2D eigenvalue weighted by atomic mass is 32.2. The van der Waals surface area contributed by atoms with Crippen molar-refractivity contribution in [1.82, 2.24) is 10.6 Å². The van der Waals surface area contributed by atoms with Gasteiger partial charge in [0, 0.05) is 12.2 Å². The number of urea groups is 1. The van der Waals surface area contributed by atoms with E-state index in [9.17, 15) is 23.6 Å². The molecule has 0 aliphatic rings. The highest BCUT2D eigenvalue weighted by Gasteiger charge is 2.11. The first-order chi connectivity index (χ1) is 11.9. The summed E-state index contributed by atoms with van der Waals surface area (Å²) < 4.78 is 17.4. The van der Waals surface area contributed by atoms with Crippen molar-refractivity contribution in [1.29, 1.82) is 0 Å². The molecule has 0 atom stereocenters. The largest absolute Gasteiger partial charge is 0.455 e. The summed E-state index contributed by atoms with van der Waals surface area (Å²) in [6.07, 6.45) is 0. The normalized spacial score (nSPS) is 9.84. The molecule has 1 aromatic rings. The van der Waals surface area contributed by atoms with E-state index in [1.54, 1.807) is 6.92 Å². The fourth-order valence-corrected chi connectivity index (χ4v) is 2.12. The SMILES string of the molecule is CCNC(=O)NC(=O)COC(=O)CSCC(=O)Nc1ccc(F)cc1. The molecule has 0 bridgehead atoms. The first-order valence-corrected chi connectivity index (χ1v) is 8.42. The maximum Gasteiger partial charge on any atom is 0.321 e. The summed E-state index contributed by atoms with van der Waals surface area (Å²) >= 11 is 0.994.